The first-order valence-electron chi connectivity index (χ1n) is 7.15. The fourth-order valence-corrected chi connectivity index (χ4v) is 2.65. The van der Waals surface area contributed by atoms with Gasteiger partial charge in [0, 0.05) is 31.7 Å². The monoisotopic (exact) mass is 271 g/mol. The smallest absolute Gasteiger partial charge is 0.214 e. The van der Waals surface area contributed by atoms with Crippen molar-refractivity contribution in [3.63, 3.8) is 0 Å². The second-order valence-corrected chi connectivity index (χ2v) is 5.69. The van der Waals surface area contributed by atoms with Crippen molar-refractivity contribution in [2.45, 2.75) is 19.4 Å². The molecule has 0 aliphatic carbocycles. The van der Waals surface area contributed by atoms with Gasteiger partial charge in [0.15, 0.2) is 5.76 Å². The van der Waals surface area contributed by atoms with Gasteiger partial charge in [-0.15, -0.1) is 0 Å². The lowest BCUT2D eigenvalue weighted by Gasteiger charge is -2.38. The van der Waals surface area contributed by atoms with Crippen molar-refractivity contribution in [2.24, 2.45) is 0 Å². The predicted molar refractivity (Wildman–Crippen MR) is 79.4 cm³/mol. The highest BCUT2D eigenvalue weighted by Gasteiger charge is 2.34. The number of benzene rings is 1. The van der Waals surface area contributed by atoms with E-state index in [0.717, 1.165) is 43.4 Å². The lowest BCUT2D eigenvalue weighted by Crippen LogP contribution is -2.51. The van der Waals surface area contributed by atoms with Crippen molar-refractivity contribution in [3.8, 4) is 11.3 Å². The maximum Gasteiger partial charge on any atom is 0.214 e. The van der Waals surface area contributed by atoms with Gasteiger partial charge < -0.3 is 9.73 Å². The van der Waals surface area contributed by atoms with Gasteiger partial charge in [-0.05, 0) is 13.8 Å². The van der Waals surface area contributed by atoms with E-state index < -0.39 is 0 Å². The van der Waals surface area contributed by atoms with Gasteiger partial charge >= 0.3 is 0 Å². The molecule has 4 heteroatoms. The van der Waals surface area contributed by atoms with E-state index in [2.05, 4.69) is 29.0 Å². The summed E-state index contributed by atoms with van der Waals surface area (Å²) < 4.78 is 6.01. The van der Waals surface area contributed by atoms with Crippen LogP contribution in [-0.4, -0.2) is 36.1 Å². The van der Waals surface area contributed by atoms with Crippen molar-refractivity contribution in [1.29, 1.82) is 0 Å². The average Bonchev–Trinajstić information content (AvgIpc) is 3.00. The summed E-state index contributed by atoms with van der Waals surface area (Å²) in [5.74, 6) is 1.63. The van der Waals surface area contributed by atoms with E-state index in [1.165, 1.54) is 0 Å². The highest BCUT2D eigenvalue weighted by Crippen LogP contribution is 2.30. The van der Waals surface area contributed by atoms with Gasteiger partial charge in [-0.3, -0.25) is 4.90 Å². The fourth-order valence-electron chi connectivity index (χ4n) is 2.65. The third kappa shape index (κ3) is 2.49. The summed E-state index contributed by atoms with van der Waals surface area (Å²) in [5, 5.41) is 3.38. The molecule has 0 bridgehead atoms. The molecule has 0 atom stereocenters. The van der Waals surface area contributed by atoms with Crippen LogP contribution in [0.3, 0.4) is 0 Å². The second-order valence-electron chi connectivity index (χ2n) is 5.69. The number of rotatable bonds is 3. The number of oxazole rings is 1. The molecule has 2 aromatic rings. The quantitative estimate of drug-likeness (QED) is 0.931. The standard InChI is InChI=1S/C16H21N3O/c1-16(2,19-10-8-17-9-11-19)15-18-12-14(20-15)13-6-4-3-5-7-13/h3-7,12,17H,8-11H2,1-2H3. The third-order valence-electron chi connectivity index (χ3n) is 3.99. The largest absolute Gasteiger partial charge is 0.439 e. The van der Waals surface area contributed by atoms with Crippen LogP contribution in [0.25, 0.3) is 11.3 Å². The minimum Gasteiger partial charge on any atom is -0.439 e. The minimum absolute atomic E-state index is 0.171. The Morgan fingerprint density at radius 1 is 1.15 bits per heavy atom. The molecule has 20 heavy (non-hydrogen) atoms. The molecule has 1 aromatic heterocycles. The summed E-state index contributed by atoms with van der Waals surface area (Å²) in [6, 6.07) is 10.1. The van der Waals surface area contributed by atoms with E-state index >= 15 is 0 Å². The molecule has 106 valence electrons. The van der Waals surface area contributed by atoms with Crippen LogP contribution in [0, 0.1) is 0 Å². The molecule has 1 aromatic carbocycles. The van der Waals surface area contributed by atoms with Crippen LogP contribution in [0.2, 0.25) is 0 Å². The molecule has 0 spiro atoms. The Hall–Kier alpha value is -1.65. The Kier molecular flexibility index (Phi) is 3.59. The first-order valence-corrected chi connectivity index (χ1v) is 7.15. The Bertz CT molecular complexity index is 556. The SMILES string of the molecule is CC(C)(c1ncc(-c2ccccc2)o1)N1CCNCC1. The third-order valence-corrected chi connectivity index (χ3v) is 3.99. The molecule has 1 N–H and O–H groups in total. The zero-order valence-electron chi connectivity index (χ0n) is 12.1. The first kappa shape index (κ1) is 13.3. The Labute approximate surface area is 119 Å². The number of hydrogen-bond acceptors (Lipinski definition) is 4. The maximum absolute atomic E-state index is 6.01. The van der Waals surface area contributed by atoms with Gasteiger partial charge in [-0.25, -0.2) is 4.98 Å². The summed E-state index contributed by atoms with van der Waals surface area (Å²) in [5.41, 5.74) is 0.900. The maximum atomic E-state index is 6.01. The lowest BCUT2D eigenvalue weighted by molar-refractivity contribution is 0.0783. The second kappa shape index (κ2) is 5.38. The van der Waals surface area contributed by atoms with E-state index in [-0.39, 0.29) is 5.54 Å². The highest BCUT2D eigenvalue weighted by atomic mass is 16.4. The van der Waals surface area contributed by atoms with E-state index in [1.54, 1.807) is 0 Å². The highest BCUT2D eigenvalue weighted by molar-refractivity contribution is 5.55. The molecule has 4 nitrogen and oxygen atoms in total. The van der Waals surface area contributed by atoms with Crippen molar-refractivity contribution in [1.82, 2.24) is 15.2 Å². The molecule has 3 rings (SSSR count). The topological polar surface area (TPSA) is 41.3 Å². The average molecular weight is 271 g/mol. The Morgan fingerprint density at radius 2 is 1.85 bits per heavy atom. The molecule has 0 amide bonds. The predicted octanol–water partition coefficient (Wildman–Crippen LogP) is 2.48. The van der Waals surface area contributed by atoms with Crippen molar-refractivity contribution in [2.75, 3.05) is 26.2 Å². The summed E-state index contributed by atoms with van der Waals surface area (Å²) in [6.07, 6.45) is 1.83. The van der Waals surface area contributed by atoms with Crippen molar-refractivity contribution in [3.05, 3.63) is 42.4 Å². The number of nitrogens with zero attached hydrogens (tertiary/aromatic N) is 2. The Balaban J connectivity index is 1.85. The Morgan fingerprint density at radius 3 is 2.55 bits per heavy atom. The van der Waals surface area contributed by atoms with Gasteiger partial charge in [0.1, 0.15) is 0 Å². The summed E-state index contributed by atoms with van der Waals surface area (Å²) in [7, 11) is 0. The van der Waals surface area contributed by atoms with Crippen LogP contribution in [0.1, 0.15) is 19.7 Å². The normalized spacial score (nSPS) is 17.3. The molecule has 2 heterocycles. The van der Waals surface area contributed by atoms with Gasteiger partial charge in [0.05, 0.1) is 11.7 Å². The zero-order valence-corrected chi connectivity index (χ0v) is 12.1. The molecule has 0 radical (unpaired) electrons. The van der Waals surface area contributed by atoms with Crippen molar-refractivity contribution < 1.29 is 4.42 Å². The van der Waals surface area contributed by atoms with Gasteiger partial charge in [0.25, 0.3) is 0 Å². The summed E-state index contributed by atoms with van der Waals surface area (Å²) in [4.78, 5) is 6.93. The molecule has 0 unspecified atom stereocenters. The number of nitrogens with one attached hydrogen (secondary N) is 1. The molecule has 1 aliphatic heterocycles. The van der Waals surface area contributed by atoms with Crippen LogP contribution in [0.4, 0.5) is 0 Å². The number of piperazine rings is 1. The van der Waals surface area contributed by atoms with Gasteiger partial charge in [-0.2, -0.15) is 0 Å². The van der Waals surface area contributed by atoms with E-state index in [9.17, 15) is 0 Å². The van der Waals surface area contributed by atoms with Crippen LogP contribution >= 0.6 is 0 Å². The molecular weight excluding hydrogens is 250 g/mol. The van der Waals surface area contributed by atoms with E-state index in [0.29, 0.717) is 0 Å². The van der Waals surface area contributed by atoms with Crippen LogP contribution in [0.15, 0.2) is 40.9 Å². The number of hydrogen-bond donors (Lipinski definition) is 1. The van der Waals surface area contributed by atoms with E-state index in [4.69, 9.17) is 4.42 Å². The lowest BCUT2D eigenvalue weighted by atomic mass is 10.0. The molecule has 1 aliphatic rings. The molecule has 1 saturated heterocycles. The van der Waals surface area contributed by atoms with Crippen LogP contribution in [-0.2, 0) is 5.54 Å². The molecule has 0 saturated carbocycles. The molecule has 1 fully saturated rings. The molecular formula is C16H21N3O. The van der Waals surface area contributed by atoms with Crippen molar-refractivity contribution >= 4 is 0 Å². The van der Waals surface area contributed by atoms with Gasteiger partial charge in [-0.1, -0.05) is 30.3 Å². The van der Waals surface area contributed by atoms with Crippen LogP contribution < -0.4 is 5.32 Å². The number of aromatic nitrogens is 1. The first-order chi connectivity index (χ1) is 9.68. The fraction of sp³-hybridized carbons (Fsp3) is 0.438. The summed E-state index contributed by atoms with van der Waals surface area (Å²) >= 11 is 0. The zero-order chi connectivity index (χ0) is 14.0. The van der Waals surface area contributed by atoms with E-state index in [1.807, 2.05) is 36.5 Å². The van der Waals surface area contributed by atoms with Gasteiger partial charge in [0.2, 0.25) is 5.89 Å². The summed E-state index contributed by atoms with van der Waals surface area (Å²) in [6.45, 7) is 8.45. The van der Waals surface area contributed by atoms with Crippen LogP contribution in [0.5, 0.6) is 0 Å². The minimum atomic E-state index is -0.171.